The highest BCUT2D eigenvalue weighted by Gasteiger charge is 2.26. The molecule has 1 heterocycles. The van der Waals surface area contributed by atoms with Crippen LogP contribution in [0.25, 0.3) is 0 Å². The lowest BCUT2D eigenvalue weighted by Crippen LogP contribution is -2.11. The summed E-state index contributed by atoms with van der Waals surface area (Å²) >= 11 is 5.40. The monoisotopic (exact) mass is 272 g/mol. The van der Waals surface area contributed by atoms with Crippen LogP contribution in [0.1, 0.15) is 29.3 Å². The standard InChI is InChI=1S/C12H13ClO3S/c1-8-2-3-9-6-10(12(13)14)4-5-11(9)17(15,16)7-8/h4-6,8H,2-3,7H2,1H3. The van der Waals surface area contributed by atoms with Gasteiger partial charge in [-0.25, -0.2) is 8.42 Å². The summed E-state index contributed by atoms with van der Waals surface area (Å²) in [5.74, 6) is 0.316. The smallest absolute Gasteiger partial charge is 0.252 e. The van der Waals surface area contributed by atoms with E-state index in [0.717, 1.165) is 6.42 Å². The molecule has 5 heteroatoms. The van der Waals surface area contributed by atoms with E-state index in [0.29, 0.717) is 22.4 Å². The molecule has 0 spiro atoms. The normalized spacial score (nSPS) is 22.6. The van der Waals surface area contributed by atoms with Gasteiger partial charge in [-0.15, -0.1) is 0 Å². The van der Waals surface area contributed by atoms with E-state index in [1.165, 1.54) is 12.1 Å². The Kier molecular flexibility index (Phi) is 3.27. The average Bonchev–Trinajstić information content (AvgIpc) is 2.35. The fraction of sp³-hybridized carbons (Fsp3) is 0.417. The Bertz CT molecular complexity index is 563. The van der Waals surface area contributed by atoms with E-state index >= 15 is 0 Å². The molecule has 0 aromatic heterocycles. The molecule has 92 valence electrons. The average molecular weight is 273 g/mol. The fourth-order valence-electron chi connectivity index (χ4n) is 2.15. The molecule has 0 fully saturated rings. The molecule has 0 radical (unpaired) electrons. The maximum atomic E-state index is 12.1. The third-order valence-electron chi connectivity index (χ3n) is 3.03. The predicted molar refractivity (Wildman–Crippen MR) is 66.2 cm³/mol. The van der Waals surface area contributed by atoms with Crippen molar-refractivity contribution in [3.8, 4) is 0 Å². The van der Waals surface area contributed by atoms with Gasteiger partial charge in [-0.1, -0.05) is 6.92 Å². The number of benzene rings is 1. The molecule has 17 heavy (non-hydrogen) atoms. The predicted octanol–water partition coefficient (Wildman–Crippen LogP) is 2.42. The van der Waals surface area contributed by atoms with Gasteiger partial charge < -0.3 is 0 Å². The summed E-state index contributed by atoms with van der Waals surface area (Å²) < 4.78 is 24.1. The molecule has 1 atom stereocenters. The summed E-state index contributed by atoms with van der Waals surface area (Å²) in [4.78, 5) is 11.4. The fourth-order valence-corrected chi connectivity index (χ4v) is 4.20. The summed E-state index contributed by atoms with van der Waals surface area (Å²) in [6.45, 7) is 1.93. The largest absolute Gasteiger partial charge is 0.276 e. The second kappa shape index (κ2) is 4.42. The van der Waals surface area contributed by atoms with Gasteiger partial charge >= 0.3 is 0 Å². The van der Waals surface area contributed by atoms with Crippen molar-refractivity contribution in [2.24, 2.45) is 5.92 Å². The minimum atomic E-state index is -3.22. The molecule has 0 aliphatic carbocycles. The zero-order valence-corrected chi connectivity index (χ0v) is 11.0. The van der Waals surface area contributed by atoms with Gasteiger partial charge in [0, 0.05) is 5.56 Å². The van der Waals surface area contributed by atoms with Gasteiger partial charge in [-0.05, 0) is 54.1 Å². The zero-order valence-electron chi connectivity index (χ0n) is 9.44. The molecule has 1 aromatic carbocycles. The first-order valence-electron chi connectivity index (χ1n) is 5.45. The highest BCUT2D eigenvalue weighted by atomic mass is 35.5. The number of carbonyl (C=O) groups excluding carboxylic acids is 1. The van der Waals surface area contributed by atoms with Crippen molar-refractivity contribution in [3.63, 3.8) is 0 Å². The van der Waals surface area contributed by atoms with Crippen molar-refractivity contribution < 1.29 is 13.2 Å². The molecule has 0 amide bonds. The number of carbonyl (C=O) groups is 1. The lowest BCUT2D eigenvalue weighted by atomic mass is 10.0. The van der Waals surface area contributed by atoms with Gasteiger partial charge in [-0.3, -0.25) is 4.79 Å². The van der Waals surface area contributed by atoms with Gasteiger partial charge in [-0.2, -0.15) is 0 Å². The lowest BCUT2D eigenvalue weighted by Gasteiger charge is -2.07. The zero-order chi connectivity index (χ0) is 12.6. The first-order valence-corrected chi connectivity index (χ1v) is 7.48. The number of fused-ring (bicyclic) bond motifs is 1. The molecule has 1 unspecified atom stereocenters. The molecule has 3 nitrogen and oxygen atoms in total. The maximum Gasteiger partial charge on any atom is 0.252 e. The molecule has 1 aliphatic heterocycles. The Balaban J connectivity index is 2.57. The van der Waals surface area contributed by atoms with E-state index in [2.05, 4.69) is 0 Å². The van der Waals surface area contributed by atoms with Gasteiger partial charge in [0.15, 0.2) is 9.84 Å². The summed E-state index contributed by atoms with van der Waals surface area (Å²) in [5.41, 5.74) is 1.07. The molecule has 0 saturated heterocycles. The van der Waals surface area contributed by atoms with Crippen LogP contribution in [0.3, 0.4) is 0 Å². The second-order valence-corrected chi connectivity index (χ2v) is 6.87. The number of aryl methyl sites for hydroxylation is 1. The van der Waals surface area contributed by atoms with Crippen LogP contribution in [0, 0.1) is 5.92 Å². The third kappa shape index (κ3) is 2.53. The van der Waals surface area contributed by atoms with Crippen LogP contribution in [0.5, 0.6) is 0 Å². The second-order valence-electron chi connectivity index (χ2n) is 4.52. The molecule has 0 saturated carbocycles. The molecular formula is C12H13ClO3S. The molecule has 1 aromatic rings. The quantitative estimate of drug-likeness (QED) is 0.738. The van der Waals surface area contributed by atoms with Crippen molar-refractivity contribution in [2.75, 3.05) is 5.75 Å². The first-order chi connectivity index (χ1) is 7.90. The lowest BCUT2D eigenvalue weighted by molar-refractivity contribution is 0.108. The van der Waals surface area contributed by atoms with E-state index in [4.69, 9.17) is 11.6 Å². The summed E-state index contributed by atoms with van der Waals surface area (Å²) in [5, 5.41) is -0.553. The number of rotatable bonds is 1. The first kappa shape index (κ1) is 12.6. The van der Waals surface area contributed by atoms with E-state index in [-0.39, 0.29) is 11.7 Å². The molecular weight excluding hydrogens is 260 g/mol. The Morgan fingerprint density at radius 2 is 2.12 bits per heavy atom. The number of sulfone groups is 1. The van der Waals surface area contributed by atoms with E-state index in [1.807, 2.05) is 6.92 Å². The number of hydrogen-bond acceptors (Lipinski definition) is 3. The van der Waals surface area contributed by atoms with Crippen molar-refractivity contribution in [3.05, 3.63) is 29.3 Å². The Labute approximate surface area is 106 Å². The van der Waals surface area contributed by atoms with Crippen LogP contribution in [-0.4, -0.2) is 19.4 Å². The topological polar surface area (TPSA) is 51.2 Å². The number of hydrogen-bond donors (Lipinski definition) is 0. The summed E-state index contributed by atoms with van der Waals surface area (Å²) in [7, 11) is -3.22. The summed E-state index contributed by atoms with van der Waals surface area (Å²) in [6, 6.07) is 4.57. The molecule has 2 rings (SSSR count). The Morgan fingerprint density at radius 1 is 1.41 bits per heavy atom. The molecule has 1 aliphatic rings. The van der Waals surface area contributed by atoms with Gasteiger partial charge in [0.05, 0.1) is 10.6 Å². The van der Waals surface area contributed by atoms with Crippen molar-refractivity contribution >= 4 is 26.7 Å². The highest BCUT2D eigenvalue weighted by Crippen LogP contribution is 2.28. The van der Waals surface area contributed by atoms with Gasteiger partial charge in [0.25, 0.3) is 5.24 Å². The Morgan fingerprint density at radius 3 is 2.76 bits per heavy atom. The van der Waals surface area contributed by atoms with Crippen molar-refractivity contribution in [1.29, 1.82) is 0 Å². The molecule has 0 N–H and O–H groups in total. The van der Waals surface area contributed by atoms with Gasteiger partial charge in [0.2, 0.25) is 0 Å². The van der Waals surface area contributed by atoms with Crippen LogP contribution >= 0.6 is 11.6 Å². The van der Waals surface area contributed by atoms with Crippen LogP contribution in [0.4, 0.5) is 0 Å². The van der Waals surface area contributed by atoms with E-state index < -0.39 is 15.1 Å². The van der Waals surface area contributed by atoms with Crippen LogP contribution in [0.2, 0.25) is 0 Å². The van der Waals surface area contributed by atoms with Crippen molar-refractivity contribution in [1.82, 2.24) is 0 Å². The molecule has 0 bridgehead atoms. The maximum absolute atomic E-state index is 12.1. The highest BCUT2D eigenvalue weighted by molar-refractivity contribution is 7.91. The van der Waals surface area contributed by atoms with E-state index in [1.54, 1.807) is 6.07 Å². The number of halogens is 1. The van der Waals surface area contributed by atoms with Crippen LogP contribution in [-0.2, 0) is 16.3 Å². The van der Waals surface area contributed by atoms with Crippen LogP contribution < -0.4 is 0 Å². The Hall–Kier alpha value is -0.870. The SMILES string of the molecule is CC1CCc2cc(C(=O)Cl)ccc2S(=O)(=O)C1. The third-order valence-corrected chi connectivity index (χ3v) is 5.33. The van der Waals surface area contributed by atoms with E-state index in [9.17, 15) is 13.2 Å². The minimum Gasteiger partial charge on any atom is -0.276 e. The minimum absolute atomic E-state index is 0.141. The van der Waals surface area contributed by atoms with Gasteiger partial charge in [0.1, 0.15) is 0 Å². The summed E-state index contributed by atoms with van der Waals surface area (Å²) in [6.07, 6.45) is 1.49. The van der Waals surface area contributed by atoms with Crippen LogP contribution in [0.15, 0.2) is 23.1 Å². The van der Waals surface area contributed by atoms with Crippen molar-refractivity contribution in [2.45, 2.75) is 24.7 Å².